The van der Waals surface area contributed by atoms with Gasteiger partial charge in [-0.15, -0.1) is 0 Å². The topological polar surface area (TPSA) is 218 Å². The van der Waals surface area contributed by atoms with E-state index in [0.717, 1.165) is 65.6 Å². The van der Waals surface area contributed by atoms with Crippen LogP contribution in [0, 0.1) is 34.3 Å². The van der Waals surface area contributed by atoms with Crippen molar-refractivity contribution in [2.45, 2.75) is 115 Å². The van der Waals surface area contributed by atoms with Crippen LogP contribution < -0.4 is 26.3 Å². The second kappa shape index (κ2) is 24.8. The van der Waals surface area contributed by atoms with Crippen molar-refractivity contribution < 1.29 is 82.4 Å². The molecule has 0 radical (unpaired) electrons. The summed E-state index contributed by atoms with van der Waals surface area (Å²) in [5.74, 6) is 0.393. The van der Waals surface area contributed by atoms with Crippen LogP contribution in [0.4, 0.5) is 59.3 Å². The summed E-state index contributed by atoms with van der Waals surface area (Å²) in [6.07, 6.45) is -12.7. The number of carbonyl (C=O) groups is 4. The average Bonchev–Trinajstić information content (AvgIpc) is 4.01. The van der Waals surface area contributed by atoms with E-state index < -0.39 is 115 Å². The third-order valence-corrected chi connectivity index (χ3v) is 14.6. The number of fused-ring (bicyclic) bond motifs is 2. The number of benzene rings is 2. The molecule has 0 spiro atoms. The van der Waals surface area contributed by atoms with E-state index in [1.165, 1.54) is 30.5 Å². The van der Waals surface area contributed by atoms with Crippen molar-refractivity contribution in [1.82, 2.24) is 51.0 Å². The van der Waals surface area contributed by atoms with Crippen molar-refractivity contribution in [1.29, 1.82) is 0 Å². The highest BCUT2D eigenvalue weighted by Crippen LogP contribution is 2.43. The Bertz CT molecular complexity index is 2910. The van der Waals surface area contributed by atoms with Crippen LogP contribution in [0.5, 0.6) is 0 Å². The predicted molar refractivity (Wildman–Crippen MR) is 267 cm³/mol. The monoisotopic (exact) mass is 1160 g/mol. The maximum Gasteiger partial charge on any atom is 0.407 e. The molecule has 2 aromatic carbocycles. The largest absolute Gasteiger partial charge is 0.453 e. The normalized spacial score (nSPS) is 18.5. The van der Waals surface area contributed by atoms with E-state index in [9.17, 15) is 59.4 Å². The van der Waals surface area contributed by atoms with E-state index in [1.54, 1.807) is 6.20 Å². The number of nitrogens with zero attached hydrogens (tertiary/aromatic N) is 7. The molecule has 81 heavy (non-hydrogen) atoms. The fraction of sp³-hybridized carbons (Fsp3) is 0.519. The Kier molecular flexibility index (Phi) is 18.8. The number of methoxy groups -OCH3 is 1. The van der Waals surface area contributed by atoms with Gasteiger partial charge < -0.3 is 40.2 Å². The number of piperazine rings is 1. The van der Waals surface area contributed by atoms with Crippen LogP contribution in [-0.4, -0.2) is 161 Å². The quantitative estimate of drug-likeness (QED) is 0.0413. The second-order valence-corrected chi connectivity index (χ2v) is 20.8. The third-order valence-electron chi connectivity index (χ3n) is 14.6. The summed E-state index contributed by atoms with van der Waals surface area (Å²) in [6.45, 7) is -0.192. The van der Waals surface area contributed by atoms with Crippen molar-refractivity contribution in [3.63, 3.8) is 0 Å². The van der Waals surface area contributed by atoms with Crippen LogP contribution in [-0.2, 0) is 36.8 Å². The number of hydrogen-bond acceptors (Lipinski definition) is 14. The Labute approximate surface area is 458 Å². The van der Waals surface area contributed by atoms with Gasteiger partial charge in [-0.05, 0) is 88.8 Å². The molecule has 0 aliphatic carbocycles. The maximum absolute atomic E-state index is 16.0. The Morgan fingerprint density at radius 3 is 1.99 bits per heavy atom. The van der Waals surface area contributed by atoms with Gasteiger partial charge in [0.15, 0.2) is 6.10 Å². The molecule has 3 fully saturated rings. The molecule has 29 heteroatoms. The summed E-state index contributed by atoms with van der Waals surface area (Å²) >= 11 is 0. The molecule has 0 unspecified atom stereocenters. The maximum atomic E-state index is 16.0. The van der Waals surface area contributed by atoms with Crippen molar-refractivity contribution in [2.24, 2.45) is 10.8 Å². The number of alkyl carbamates (subject to hydrolysis) is 2. The number of hydrogen-bond donors (Lipinski definition) is 5. The van der Waals surface area contributed by atoms with E-state index in [-0.39, 0.29) is 21.5 Å². The van der Waals surface area contributed by atoms with Gasteiger partial charge in [0.05, 0.1) is 62.0 Å². The van der Waals surface area contributed by atoms with Crippen LogP contribution >= 0.6 is 0 Å². The van der Waals surface area contributed by atoms with Crippen molar-refractivity contribution in [3.05, 3.63) is 95.1 Å². The smallest absolute Gasteiger partial charge is 0.407 e. The zero-order valence-electron chi connectivity index (χ0n) is 44.5. The highest BCUT2D eigenvalue weighted by molar-refractivity contribution is 5.87. The molecular formula is C52H59F10N11O8. The molecule has 3 saturated heterocycles. The fourth-order valence-electron chi connectivity index (χ4n) is 9.50. The summed E-state index contributed by atoms with van der Waals surface area (Å²) in [4.78, 5) is 66.7. The Hall–Kier alpha value is -7.29. The minimum atomic E-state index is -5.27. The molecule has 2 bridgehead atoms. The molecule has 5 N–H and O–H groups in total. The fourth-order valence-corrected chi connectivity index (χ4v) is 9.50. The second-order valence-electron chi connectivity index (χ2n) is 20.8. The van der Waals surface area contributed by atoms with Gasteiger partial charge in [0, 0.05) is 68.2 Å². The molecule has 0 saturated carbocycles. The average molecular weight is 1160 g/mol. The zero-order chi connectivity index (χ0) is 59.4. The molecule has 6 atom stereocenters. The number of alkyl halides is 8. The zero-order valence-corrected chi connectivity index (χ0v) is 44.5. The molecule has 3 aliphatic heterocycles. The van der Waals surface area contributed by atoms with E-state index in [0.29, 0.717) is 80.0 Å². The van der Waals surface area contributed by atoms with Crippen LogP contribution in [0.1, 0.15) is 69.5 Å². The van der Waals surface area contributed by atoms with Crippen molar-refractivity contribution in [2.75, 3.05) is 51.9 Å². The summed E-state index contributed by atoms with van der Waals surface area (Å²) in [7, 11) is 1.78. The summed E-state index contributed by atoms with van der Waals surface area (Å²) in [5, 5.41) is 22.1. The minimum absolute atomic E-state index is 0.195. The van der Waals surface area contributed by atoms with Crippen molar-refractivity contribution >= 4 is 29.8 Å². The molecule has 3 aliphatic rings. The van der Waals surface area contributed by atoms with Gasteiger partial charge >= 0.3 is 31.1 Å². The first-order valence-corrected chi connectivity index (χ1v) is 25.3. The van der Waals surface area contributed by atoms with E-state index in [2.05, 4.69) is 46.8 Å². The molecule has 2 aromatic heterocycles. The Balaban J connectivity index is 1.18. The van der Waals surface area contributed by atoms with Crippen LogP contribution in [0.25, 0.3) is 11.3 Å². The van der Waals surface area contributed by atoms with E-state index >= 15 is 8.78 Å². The SMILES string of the molecule is CNC(=O)O[C@H](C(=O)NN(Cc1c(F)cc(-c2ccn(C(F)F)n2)cc1F)C[C@H](O)[C@H](Cc1ccc(C#Cc2cnc(N3C[C@@H]4CC[C@@H](C3)N4C3COC3)cn2)cc1)NC(=O)[C@@H](NC(=O)OC)C(C)(C)C(F)(F)F)C(C)(C)C(F)(F)F. The molecule has 440 valence electrons. The van der Waals surface area contributed by atoms with Crippen LogP contribution in [0.2, 0.25) is 0 Å². The van der Waals surface area contributed by atoms with Gasteiger partial charge in [0.1, 0.15) is 34.6 Å². The van der Waals surface area contributed by atoms with Crippen LogP contribution in [0.15, 0.2) is 61.1 Å². The highest BCUT2D eigenvalue weighted by atomic mass is 19.4. The highest BCUT2D eigenvalue weighted by Gasteiger charge is 2.58. The van der Waals surface area contributed by atoms with Gasteiger partial charge in [-0.1, -0.05) is 18.1 Å². The number of anilines is 1. The van der Waals surface area contributed by atoms with Crippen molar-refractivity contribution in [3.8, 4) is 23.1 Å². The van der Waals surface area contributed by atoms with Gasteiger partial charge in [-0.2, -0.15) is 40.2 Å². The number of aliphatic hydroxyl groups is 1. The number of amides is 4. The number of ether oxygens (including phenoxy) is 3. The number of nitrogens with one attached hydrogen (secondary N) is 4. The number of halogens is 10. The van der Waals surface area contributed by atoms with E-state index in [1.807, 2.05) is 16.1 Å². The molecule has 4 amide bonds. The van der Waals surface area contributed by atoms with E-state index in [4.69, 9.17) is 9.47 Å². The first-order chi connectivity index (χ1) is 38.0. The van der Waals surface area contributed by atoms with Crippen LogP contribution in [0.3, 0.4) is 0 Å². The lowest BCUT2D eigenvalue weighted by Gasteiger charge is -2.47. The standard InChI is InChI=1S/C52H59F10N11O8/c1-49(2,51(57,58)59)42(67-48(78)79-6)44(75)66-39(17-29-9-7-28(8-10-29)11-12-31-20-65-41(21-64-31)70-22-32-13-14-33(23-70)73(32)34-26-80-27-34)40(74)25-71(69-45(76)43(81-47(77)63-5)50(3,4)52(60,61)62)24-35-36(53)18-30(19-37(35)54)38-15-16-72(68-38)46(55)56/h7-10,15-16,18-21,32-34,39-40,42-43,46,74H,13-14,17,22-27H2,1-6H3,(H,63,77)(H,66,75)(H,67,78)(H,69,76)/t32-,33-,39-,40-,42+,43+/m0/s1. The molecule has 7 rings (SSSR count). The molecule has 19 nitrogen and oxygen atoms in total. The predicted octanol–water partition coefficient (Wildman–Crippen LogP) is 6.01. The number of rotatable bonds is 19. The number of carbonyl (C=O) groups excluding carboxylic acids is 4. The third kappa shape index (κ3) is 14.3. The molecule has 4 aromatic rings. The lowest BCUT2D eigenvalue weighted by Crippen LogP contribution is -2.62. The number of hydrazine groups is 1. The summed E-state index contributed by atoms with van der Waals surface area (Å²) in [6, 6.07) is 5.24. The lowest BCUT2D eigenvalue weighted by molar-refractivity contribution is -0.239. The summed E-state index contributed by atoms with van der Waals surface area (Å²) in [5.41, 5.74) is -4.87. The Morgan fingerprint density at radius 2 is 1.47 bits per heavy atom. The van der Waals surface area contributed by atoms with Gasteiger partial charge in [-0.3, -0.25) is 19.9 Å². The first-order valence-electron chi connectivity index (χ1n) is 25.3. The first kappa shape index (κ1) is 61.3. The van der Waals surface area contributed by atoms with Gasteiger partial charge in [0.25, 0.3) is 5.91 Å². The van der Waals surface area contributed by atoms with Gasteiger partial charge in [-0.25, -0.2) is 38.0 Å². The number of aliphatic hydroxyl groups excluding tert-OH is 1. The van der Waals surface area contributed by atoms with Gasteiger partial charge in [0.2, 0.25) is 5.91 Å². The summed E-state index contributed by atoms with van der Waals surface area (Å²) < 4.78 is 161. The Morgan fingerprint density at radius 1 is 0.840 bits per heavy atom. The molecular weight excluding hydrogens is 1100 g/mol. The minimum Gasteiger partial charge on any atom is -0.453 e. The molecule has 5 heterocycles. The lowest BCUT2D eigenvalue weighted by atomic mass is 9.82. The number of aromatic nitrogens is 4.